The van der Waals surface area contributed by atoms with Crippen LogP contribution < -0.4 is 14.4 Å². The fraction of sp³-hybridized carbons (Fsp3) is 0.400. The molecule has 9 heteroatoms. The Morgan fingerprint density at radius 3 is 2.71 bits per heavy atom. The van der Waals surface area contributed by atoms with Gasteiger partial charge in [-0.05, 0) is 49.1 Å². The molecule has 34 heavy (non-hydrogen) atoms. The lowest BCUT2D eigenvalue weighted by Gasteiger charge is -2.56. The smallest absolute Gasteiger partial charge is 0.303 e. The number of benzene rings is 2. The Balaban J connectivity index is 1.40. The van der Waals surface area contributed by atoms with E-state index in [9.17, 15) is 9.18 Å². The number of carboxylic acid groups (broad SMARTS) is 1. The SMILES string of the molecule is COc1ccc(F)c(-n2nnc(COc3cccc(CCC(=O)O)c3)c2N2CC3(CCC3)C2)c1. The molecule has 2 aliphatic rings. The minimum Gasteiger partial charge on any atom is -0.497 e. The van der Waals surface area contributed by atoms with E-state index in [1.54, 1.807) is 19.2 Å². The quantitative estimate of drug-likeness (QED) is 0.510. The molecule has 1 spiro atoms. The Kier molecular flexibility index (Phi) is 5.85. The van der Waals surface area contributed by atoms with E-state index in [0.717, 1.165) is 24.5 Å². The van der Waals surface area contributed by atoms with Gasteiger partial charge in [-0.3, -0.25) is 4.79 Å². The number of rotatable bonds is 9. The predicted molar refractivity (Wildman–Crippen MR) is 123 cm³/mol. The van der Waals surface area contributed by atoms with Crippen LogP contribution in [0.2, 0.25) is 0 Å². The highest BCUT2D eigenvalue weighted by Crippen LogP contribution is 2.50. The lowest BCUT2D eigenvalue weighted by molar-refractivity contribution is -0.136. The van der Waals surface area contributed by atoms with Gasteiger partial charge < -0.3 is 19.5 Å². The summed E-state index contributed by atoms with van der Waals surface area (Å²) in [6, 6.07) is 11.9. The minimum atomic E-state index is -0.837. The average Bonchev–Trinajstić information content (AvgIpc) is 3.18. The molecule has 5 rings (SSSR count). The van der Waals surface area contributed by atoms with E-state index in [1.165, 1.54) is 30.0 Å². The van der Waals surface area contributed by atoms with Crippen LogP contribution in [0, 0.1) is 11.2 Å². The van der Waals surface area contributed by atoms with Crippen molar-refractivity contribution in [2.75, 3.05) is 25.1 Å². The van der Waals surface area contributed by atoms with E-state index >= 15 is 0 Å². The first-order valence-corrected chi connectivity index (χ1v) is 11.4. The van der Waals surface area contributed by atoms with Crippen LogP contribution in [0.3, 0.4) is 0 Å². The maximum Gasteiger partial charge on any atom is 0.303 e. The molecule has 1 N–H and O–H groups in total. The second kappa shape index (κ2) is 8.96. The number of carbonyl (C=O) groups is 1. The van der Waals surface area contributed by atoms with E-state index in [2.05, 4.69) is 15.2 Å². The Labute approximate surface area is 196 Å². The summed E-state index contributed by atoms with van der Waals surface area (Å²) in [5, 5.41) is 17.5. The number of halogens is 1. The molecule has 3 aromatic rings. The van der Waals surface area contributed by atoms with E-state index < -0.39 is 11.8 Å². The van der Waals surface area contributed by atoms with Crippen molar-refractivity contribution < 1.29 is 23.8 Å². The fourth-order valence-corrected chi connectivity index (χ4v) is 4.76. The number of nitrogens with zero attached hydrogens (tertiary/aromatic N) is 4. The van der Waals surface area contributed by atoms with Crippen LogP contribution in [0.25, 0.3) is 5.69 Å². The van der Waals surface area contributed by atoms with Crippen molar-refractivity contribution >= 4 is 11.8 Å². The molecule has 0 atom stereocenters. The zero-order chi connectivity index (χ0) is 23.7. The summed E-state index contributed by atoms with van der Waals surface area (Å²) in [5.74, 6) is 0.634. The van der Waals surface area contributed by atoms with Gasteiger partial charge in [-0.1, -0.05) is 23.8 Å². The maximum atomic E-state index is 14.8. The molecule has 1 aromatic heterocycles. The molecule has 0 unspecified atom stereocenters. The lowest BCUT2D eigenvalue weighted by Crippen LogP contribution is -2.60. The topological polar surface area (TPSA) is 89.7 Å². The second-order valence-corrected chi connectivity index (χ2v) is 9.13. The molecule has 2 heterocycles. The van der Waals surface area contributed by atoms with Gasteiger partial charge in [0.05, 0.1) is 7.11 Å². The maximum absolute atomic E-state index is 14.8. The Morgan fingerprint density at radius 1 is 1.18 bits per heavy atom. The standard InChI is InChI=1S/C25H27FN4O4/c1-33-18-7-8-20(26)22(13-18)30-24(29-15-25(16-29)10-3-11-25)21(27-28-30)14-34-19-5-2-4-17(12-19)6-9-23(31)32/h2,4-5,7-8,12-13H,3,6,9-11,14-16H2,1H3,(H,31,32). The predicted octanol–water partition coefficient (Wildman–Crippen LogP) is 4.00. The molecular formula is C25H27FN4O4. The minimum absolute atomic E-state index is 0.0603. The van der Waals surface area contributed by atoms with E-state index in [0.29, 0.717) is 29.0 Å². The van der Waals surface area contributed by atoms with Crippen molar-refractivity contribution in [2.24, 2.45) is 5.41 Å². The third kappa shape index (κ3) is 4.30. The van der Waals surface area contributed by atoms with Gasteiger partial charge in [-0.2, -0.15) is 4.68 Å². The highest BCUT2D eigenvalue weighted by molar-refractivity contribution is 5.67. The van der Waals surface area contributed by atoms with Crippen LogP contribution in [-0.4, -0.2) is 46.3 Å². The number of aryl methyl sites for hydroxylation is 1. The first-order chi connectivity index (χ1) is 16.5. The van der Waals surface area contributed by atoms with Crippen molar-refractivity contribution in [3.8, 4) is 17.2 Å². The van der Waals surface area contributed by atoms with Crippen LogP contribution in [0.5, 0.6) is 11.5 Å². The first kappa shape index (κ1) is 22.2. The van der Waals surface area contributed by atoms with Gasteiger partial charge >= 0.3 is 5.97 Å². The number of aromatic nitrogens is 3. The molecule has 0 radical (unpaired) electrons. The zero-order valence-corrected chi connectivity index (χ0v) is 19.0. The Morgan fingerprint density at radius 2 is 2.00 bits per heavy atom. The van der Waals surface area contributed by atoms with Gasteiger partial charge in [0.2, 0.25) is 0 Å². The number of methoxy groups -OCH3 is 1. The first-order valence-electron chi connectivity index (χ1n) is 11.4. The van der Waals surface area contributed by atoms with Crippen LogP contribution in [0.1, 0.15) is 36.9 Å². The summed E-state index contributed by atoms with van der Waals surface area (Å²) in [6.45, 7) is 1.94. The van der Waals surface area contributed by atoms with E-state index in [4.69, 9.17) is 14.6 Å². The normalized spacial score (nSPS) is 16.1. The fourth-order valence-electron chi connectivity index (χ4n) is 4.76. The molecule has 2 aromatic carbocycles. The summed E-state index contributed by atoms with van der Waals surface area (Å²) in [4.78, 5) is 13.1. The molecule has 0 amide bonds. The van der Waals surface area contributed by atoms with Gasteiger partial charge in [-0.25, -0.2) is 4.39 Å². The van der Waals surface area contributed by atoms with Gasteiger partial charge in [0.25, 0.3) is 0 Å². The lowest BCUT2D eigenvalue weighted by atomic mass is 9.63. The summed E-state index contributed by atoms with van der Waals surface area (Å²) in [7, 11) is 1.54. The van der Waals surface area contributed by atoms with Crippen LogP contribution >= 0.6 is 0 Å². The van der Waals surface area contributed by atoms with E-state index in [-0.39, 0.29) is 18.7 Å². The molecule has 1 aliphatic carbocycles. The Hall–Kier alpha value is -3.62. The van der Waals surface area contributed by atoms with Crippen molar-refractivity contribution in [3.63, 3.8) is 0 Å². The van der Waals surface area contributed by atoms with Gasteiger partial charge in [0.1, 0.15) is 35.3 Å². The molecule has 0 bridgehead atoms. The summed E-state index contributed by atoms with van der Waals surface area (Å²) >= 11 is 0. The van der Waals surface area contributed by atoms with Crippen LogP contribution in [0.15, 0.2) is 42.5 Å². The summed E-state index contributed by atoms with van der Waals surface area (Å²) in [5.41, 5.74) is 2.14. The van der Waals surface area contributed by atoms with E-state index in [1.807, 2.05) is 24.3 Å². The molecule has 1 saturated heterocycles. The average molecular weight is 467 g/mol. The summed E-state index contributed by atoms with van der Waals surface area (Å²) in [6.07, 6.45) is 4.18. The van der Waals surface area contributed by atoms with Crippen LogP contribution in [0.4, 0.5) is 10.2 Å². The van der Waals surface area contributed by atoms with Gasteiger partial charge in [0.15, 0.2) is 5.82 Å². The van der Waals surface area contributed by atoms with Gasteiger partial charge in [0, 0.05) is 31.0 Å². The molecule has 2 fully saturated rings. The summed E-state index contributed by atoms with van der Waals surface area (Å²) < 4.78 is 27.6. The van der Waals surface area contributed by atoms with Crippen molar-refractivity contribution in [2.45, 2.75) is 38.7 Å². The third-order valence-corrected chi connectivity index (χ3v) is 6.76. The van der Waals surface area contributed by atoms with Crippen molar-refractivity contribution in [3.05, 3.63) is 59.5 Å². The zero-order valence-electron chi connectivity index (χ0n) is 19.0. The van der Waals surface area contributed by atoms with Crippen molar-refractivity contribution in [1.29, 1.82) is 0 Å². The number of ether oxygens (including phenoxy) is 2. The van der Waals surface area contributed by atoms with Gasteiger partial charge in [-0.15, -0.1) is 5.10 Å². The molecule has 178 valence electrons. The number of hydrogen-bond acceptors (Lipinski definition) is 6. The number of anilines is 1. The monoisotopic (exact) mass is 466 g/mol. The molecular weight excluding hydrogens is 439 g/mol. The second-order valence-electron chi connectivity index (χ2n) is 9.13. The molecule has 8 nitrogen and oxygen atoms in total. The number of carboxylic acids is 1. The Bertz CT molecular complexity index is 1200. The highest BCUT2D eigenvalue weighted by Gasteiger charge is 2.49. The van der Waals surface area contributed by atoms with Crippen LogP contribution in [-0.2, 0) is 17.8 Å². The largest absolute Gasteiger partial charge is 0.497 e. The molecule has 1 aliphatic heterocycles. The third-order valence-electron chi connectivity index (χ3n) is 6.76. The highest BCUT2D eigenvalue weighted by atomic mass is 19.1. The van der Waals surface area contributed by atoms with Crippen molar-refractivity contribution in [1.82, 2.24) is 15.0 Å². The molecule has 1 saturated carbocycles. The number of hydrogen-bond donors (Lipinski definition) is 1. The number of aliphatic carboxylic acids is 1.